The number of nitrogens with zero attached hydrogens (tertiary/aromatic N) is 2. The van der Waals surface area contributed by atoms with E-state index in [4.69, 9.17) is 4.74 Å². The molecule has 31 heavy (non-hydrogen) atoms. The van der Waals surface area contributed by atoms with Crippen molar-refractivity contribution in [1.82, 2.24) is 15.5 Å². The van der Waals surface area contributed by atoms with Gasteiger partial charge in [0.05, 0.1) is 13.2 Å². The quantitative estimate of drug-likeness (QED) is 0.365. The third kappa shape index (κ3) is 9.53. The Morgan fingerprint density at radius 3 is 2.32 bits per heavy atom. The average Bonchev–Trinajstić information content (AvgIpc) is 2.81. The smallest absolute Gasteiger partial charge is 0.191 e. The lowest BCUT2D eigenvalue weighted by molar-refractivity contribution is 0.106. The van der Waals surface area contributed by atoms with Crippen LogP contribution in [0.2, 0.25) is 0 Å². The van der Waals surface area contributed by atoms with E-state index in [1.54, 1.807) is 0 Å². The van der Waals surface area contributed by atoms with E-state index >= 15 is 0 Å². The fourth-order valence-corrected chi connectivity index (χ4v) is 3.56. The van der Waals surface area contributed by atoms with Crippen LogP contribution in [-0.2, 0) is 24.5 Å². The summed E-state index contributed by atoms with van der Waals surface area (Å²) in [6, 6.07) is 19.1. The Labute approximate surface area is 188 Å². The molecule has 2 N–H and O–H groups in total. The Morgan fingerprint density at radius 2 is 1.65 bits per heavy atom. The molecule has 2 aromatic rings. The average molecular weight is 425 g/mol. The van der Waals surface area contributed by atoms with Crippen molar-refractivity contribution in [2.45, 2.75) is 59.4 Å². The lowest BCUT2D eigenvalue weighted by Gasteiger charge is -2.21. The summed E-state index contributed by atoms with van der Waals surface area (Å²) in [5, 5.41) is 6.98. The predicted octanol–water partition coefficient (Wildman–Crippen LogP) is 4.58. The molecule has 0 bridgehead atoms. The number of aliphatic imine (C=N–C) groups is 1. The zero-order valence-corrected chi connectivity index (χ0v) is 19.7. The minimum absolute atomic E-state index is 0.381. The van der Waals surface area contributed by atoms with E-state index in [0.29, 0.717) is 19.3 Å². The highest BCUT2D eigenvalue weighted by molar-refractivity contribution is 5.79. The highest BCUT2D eigenvalue weighted by Gasteiger charge is 2.08. The molecule has 0 amide bonds. The first kappa shape index (κ1) is 24.9. The molecular weight excluding hydrogens is 384 g/mol. The first-order valence-electron chi connectivity index (χ1n) is 11.5. The van der Waals surface area contributed by atoms with Crippen LogP contribution in [0.1, 0.15) is 50.3 Å². The molecule has 1 atom stereocenters. The SMILES string of the molecule is CCN(CC)CCCC(C)NC(=NC)NCc1ccccc1COCc1ccccc1. The maximum absolute atomic E-state index is 5.95. The molecule has 170 valence electrons. The molecule has 0 aromatic heterocycles. The summed E-state index contributed by atoms with van der Waals surface area (Å²) in [6.07, 6.45) is 2.32. The third-order valence-electron chi connectivity index (χ3n) is 5.55. The number of guanidine groups is 1. The molecule has 0 spiro atoms. The number of hydrogen-bond donors (Lipinski definition) is 2. The van der Waals surface area contributed by atoms with E-state index in [1.807, 2.05) is 25.2 Å². The zero-order chi connectivity index (χ0) is 22.3. The molecule has 1 unspecified atom stereocenters. The highest BCUT2D eigenvalue weighted by Crippen LogP contribution is 2.12. The summed E-state index contributed by atoms with van der Waals surface area (Å²) >= 11 is 0. The van der Waals surface area contributed by atoms with Crippen LogP contribution in [-0.4, -0.2) is 43.6 Å². The van der Waals surface area contributed by atoms with Crippen LogP contribution in [0.15, 0.2) is 59.6 Å². The predicted molar refractivity (Wildman–Crippen MR) is 131 cm³/mol. The molecule has 0 heterocycles. The summed E-state index contributed by atoms with van der Waals surface area (Å²) in [7, 11) is 1.83. The minimum atomic E-state index is 0.381. The van der Waals surface area contributed by atoms with Gasteiger partial charge in [-0.3, -0.25) is 4.99 Å². The second kappa shape index (κ2) is 14.6. The number of hydrogen-bond acceptors (Lipinski definition) is 3. The topological polar surface area (TPSA) is 48.9 Å². The Bertz CT molecular complexity index is 759. The zero-order valence-electron chi connectivity index (χ0n) is 19.7. The monoisotopic (exact) mass is 424 g/mol. The van der Waals surface area contributed by atoms with Gasteiger partial charge in [0.15, 0.2) is 5.96 Å². The lowest BCUT2D eigenvalue weighted by atomic mass is 10.1. The van der Waals surface area contributed by atoms with Crippen molar-refractivity contribution in [2.75, 3.05) is 26.7 Å². The van der Waals surface area contributed by atoms with E-state index in [2.05, 4.69) is 77.7 Å². The Hall–Kier alpha value is -2.37. The number of benzene rings is 2. The molecule has 0 radical (unpaired) electrons. The molecule has 0 aliphatic heterocycles. The minimum Gasteiger partial charge on any atom is -0.372 e. The molecule has 0 aliphatic rings. The van der Waals surface area contributed by atoms with E-state index < -0.39 is 0 Å². The lowest BCUT2D eigenvalue weighted by Crippen LogP contribution is -2.42. The summed E-state index contributed by atoms with van der Waals surface area (Å²) < 4.78 is 5.95. The Morgan fingerprint density at radius 1 is 0.968 bits per heavy atom. The molecule has 0 saturated heterocycles. The Kier molecular flexibility index (Phi) is 11.7. The fourth-order valence-electron chi connectivity index (χ4n) is 3.56. The molecule has 0 aliphatic carbocycles. The van der Waals surface area contributed by atoms with Gasteiger partial charge in [-0.15, -0.1) is 0 Å². The van der Waals surface area contributed by atoms with Gasteiger partial charge in [-0.1, -0.05) is 68.4 Å². The van der Waals surface area contributed by atoms with Crippen molar-refractivity contribution in [3.63, 3.8) is 0 Å². The van der Waals surface area contributed by atoms with Gasteiger partial charge in [-0.2, -0.15) is 0 Å². The maximum Gasteiger partial charge on any atom is 0.191 e. The number of ether oxygens (including phenoxy) is 1. The van der Waals surface area contributed by atoms with E-state index in [1.165, 1.54) is 23.1 Å². The van der Waals surface area contributed by atoms with Crippen LogP contribution in [0.3, 0.4) is 0 Å². The normalized spacial score (nSPS) is 12.7. The van der Waals surface area contributed by atoms with Crippen LogP contribution in [0.25, 0.3) is 0 Å². The highest BCUT2D eigenvalue weighted by atomic mass is 16.5. The largest absolute Gasteiger partial charge is 0.372 e. The summed E-state index contributed by atoms with van der Waals surface area (Å²) in [6.45, 7) is 12.0. The van der Waals surface area contributed by atoms with Gasteiger partial charge in [0, 0.05) is 19.6 Å². The fraction of sp³-hybridized carbons (Fsp3) is 0.500. The summed E-state index contributed by atoms with van der Waals surface area (Å²) in [5.41, 5.74) is 3.62. The van der Waals surface area contributed by atoms with Crippen LogP contribution < -0.4 is 10.6 Å². The van der Waals surface area contributed by atoms with Crippen molar-refractivity contribution in [1.29, 1.82) is 0 Å². The standard InChI is InChI=1S/C26H40N4O/c1-5-30(6-2)18-12-13-22(3)29-26(27-4)28-19-24-16-10-11-17-25(24)21-31-20-23-14-8-7-9-15-23/h7-11,14-17,22H,5-6,12-13,18-21H2,1-4H3,(H2,27,28,29). The van der Waals surface area contributed by atoms with Gasteiger partial charge in [0.1, 0.15) is 0 Å². The summed E-state index contributed by atoms with van der Waals surface area (Å²) in [4.78, 5) is 6.87. The van der Waals surface area contributed by atoms with Crippen LogP contribution >= 0.6 is 0 Å². The van der Waals surface area contributed by atoms with Crippen molar-refractivity contribution >= 4 is 5.96 Å². The van der Waals surface area contributed by atoms with Gasteiger partial charge in [0.25, 0.3) is 0 Å². The third-order valence-corrected chi connectivity index (χ3v) is 5.55. The molecule has 0 saturated carbocycles. The second-order valence-electron chi connectivity index (χ2n) is 7.89. The number of nitrogens with one attached hydrogen (secondary N) is 2. The van der Waals surface area contributed by atoms with Crippen molar-refractivity contribution < 1.29 is 4.74 Å². The van der Waals surface area contributed by atoms with Gasteiger partial charge in [0.2, 0.25) is 0 Å². The molecule has 5 heteroatoms. The summed E-state index contributed by atoms with van der Waals surface area (Å²) in [5.74, 6) is 0.843. The van der Waals surface area contributed by atoms with Crippen molar-refractivity contribution in [3.8, 4) is 0 Å². The van der Waals surface area contributed by atoms with Crippen LogP contribution in [0.4, 0.5) is 0 Å². The van der Waals surface area contributed by atoms with Crippen molar-refractivity contribution in [3.05, 3.63) is 71.3 Å². The van der Waals surface area contributed by atoms with E-state index in [0.717, 1.165) is 38.6 Å². The molecule has 2 aromatic carbocycles. The Balaban J connectivity index is 1.78. The molecule has 2 rings (SSSR count). The van der Waals surface area contributed by atoms with Crippen molar-refractivity contribution in [2.24, 2.45) is 4.99 Å². The van der Waals surface area contributed by atoms with E-state index in [-0.39, 0.29) is 0 Å². The van der Waals surface area contributed by atoms with Gasteiger partial charge >= 0.3 is 0 Å². The van der Waals surface area contributed by atoms with Gasteiger partial charge in [-0.25, -0.2) is 0 Å². The maximum atomic E-state index is 5.95. The number of rotatable bonds is 13. The van der Waals surface area contributed by atoms with Crippen LogP contribution in [0.5, 0.6) is 0 Å². The second-order valence-corrected chi connectivity index (χ2v) is 7.89. The molecular formula is C26H40N4O. The van der Waals surface area contributed by atoms with E-state index in [9.17, 15) is 0 Å². The van der Waals surface area contributed by atoms with Gasteiger partial charge in [-0.05, 0) is 56.1 Å². The van der Waals surface area contributed by atoms with Crippen LogP contribution in [0, 0.1) is 0 Å². The first-order valence-corrected chi connectivity index (χ1v) is 11.5. The molecule has 5 nitrogen and oxygen atoms in total. The first-order chi connectivity index (χ1) is 15.2. The van der Waals surface area contributed by atoms with Gasteiger partial charge < -0.3 is 20.3 Å². The molecule has 0 fully saturated rings.